The zero-order chi connectivity index (χ0) is 21.9. The SMILES string of the molecule is Nc1nccc(-c2cccnc2Oc2ccc(Nc3nnc(Cl)c4ccccc34)cc2)n1. The van der Waals surface area contributed by atoms with Gasteiger partial charge < -0.3 is 15.8 Å². The molecule has 3 heterocycles. The third-order valence-corrected chi connectivity index (χ3v) is 4.97. The number of halogens is 1. The number of ether oxygens (including phenoxy) is 1. The van der Waals surface area contributed by atoms with E-state index in [0.717, 1.165) is 16.5 Å². The predicted octanol–water partition coefficient (Wildman–Crippen LogP) is 5.25. The summed E-state index contributed by atoms with van der Waals surface area (Å²) in [6, 6.07) is 20.5. The number of aromatic nitrogens is 5. The molecule has 0 aliphatic heterocycles. The second kappa shape index (κ2) is 8.44. The Bertz CT molecular complexity index is 1410. The Morgan fingerprint density at radius 3 is 2.44 bits per heavy atom. The lowest BCUT2D eigenvalue weighted by molar-refractivity contribution is 0.465. The highest BCUT2D eigenvalue weighted by Crippen LogP contribution is 2.32. The van der Waals surface area contributed by atoms with Crippen LogP contribution in [0, 0.1) is 0 Å². The van der Waals surface area contributed by atoms with Crippen molar-refractivity contribution < 1.29 is 4.74 Å². The quantitative estimate of drug-likeness (QED) is 0.380. The molecule has 0 aliphatic rings. The highest BCUT2D eigenvalue weighted by Gasteiger charge is 2.11. The summed E-state index contributed by atoms with van der Waals surface area (Å²) >= 11 is 6.16. The van der Waals surface area contributed by atoms with Gasteiger partial charge in [-0.15, -0.1) is 10.2 Å². The molecule has 2 aromatic carbocycles. The van der Waals surface area contributed by atoms with Gasteiger partial charge in [0.1, 0.15) is 5.75 Å². The van der Waals surface area contributed by atoms with Gasteiger partial charge in [-0.1, -0.05) is 35.9 Å². The molecule has 3 aromatic heterocycles. The Hall–Kier alpha value is -4.30. The Morgan fingerprint density at radius 2 is 1.62 bits per heavy atom. The normalized spacial score (nSPS) is 10.8. The van der Waals surface area contributed by atoms with Gasteiger partial charge in [-0.05, 0) is 42.5 Å². The van der Waals surface area contributed by atoms with Crippen molar-refractivity contribution in [3.63, 3.8) is 0 Å². The van der Waals surface area contributed by atoms with Crippen LogP contribution in [-0.4, -0.2) is 25.1 Å². The van der Waals surface area contributed by atoms with E-state index in [-0.39, 0.29) is 5.95 Å². The molecule has 0 amide bonds. The third-order valence-electron chi connectivity index (χ3n) is 4.70. The molecular formula is C23H16ClN7O. The van der Waals surface area contributed by atoms with E-state index >= 15 is 0 Å². The molecule has 0 spiro atoms. The molecule has 0 fully saturated rings. The molecular weight excluding hydrogens is 426 g/mol. The molecule has 0 atom stereocenters. The topological polar surface area (TPSA) is 112 Å². The summed E-state index contributed by atoms with van der Waals surface area (Å²) in [6.45, 7) is 0. The van der Waals surface area contributed by atoms with E-state index in [1.165, 1.54) is 0 Å². The summed E-state index contributed by atoms with van der Waals surface area (Å²) in [5, 5.41) is 13.6. The van der Waals surface area contributed by atoms with Gasteiger partial charge in [0.25, 0.3) is 0 Å². The number of nitrogens with one attached hydrogen (secondary N) is 1. The van der Waals surface area contributed by atoms with Crippen LogP contribution in [0.4, 0.5) is 17.5 Å². The van der Waals surface area contributed by atoms with Crippen LogP contribution in [0.1, 0.15) is 0 Å². The summed E-state index contributed by atoms with van der Waals surface area (Å²) < 4.78 is 6.01. The summed E-state index contributed by atoms with van der Waals surface area (Å²) in [4.78, 5) is 12.5. The van der Waals surface area contributed by atoms with E-state index in [4.69, 9.17) is 22.1 Å². The van der Waals surface area contributed by atoms with Crippen molar-refractivity contribution in [2.45, 2.75) is 0 Å². The maximum atomic E-state index is 6.16. The first-order valence-corrected chi connectivity index (χ1v) is 10.0. The number of anilines is 3. The monoisotopic (exact) mass is 441 g/mol. The van der Waals surface area contributed by atoms with Crippen LogP contribution >= 0.6 is 11.6 Å². The maximum Gasteiger partial charge on any atom is 0.228 e. The van der Waals surface area contributed by atoms with Crippen LogP contribution in [0.15, 0.2) is 79.1 Å². The average Bonchev–Trinajstić information content (AvgIpc) is 2.83. The van der Waals surface area contributed by atoms with Gasteiger partial charge in [-0.25, -0.2) is 15.0 Å². The zero-order valence-corrected chi connectivity index (χ0v) is 17.4. The molecule has 0 saturated carbocycles. The van der Waals surface area contributed by atoms with Gasteiger partial charge in [-0.2, -0.15) is 0 Å². The summed E-state index contributed by atoms with van der Waals surface area (Å²) in [6.07, 6.45) is 3.25. The Labute approximate surface area is 188 Å². The van der Waals surface area contributed by atoms with Crippen molar-refractivity contribution in [2.75, 3.05) is 11.1 Å². The number of fused-ring (bicyclic) bond motifs is 1. The maximum absolute atomic E-state index is 6.16. The number of hydrogen-bond donors (Lipinski definition) is 2. The van der Waals surface area contributed by atoms with Crippen molar-refractivity contribution in [1.29, 1.82) is 0 Å². The Balaban J connectivity index is 1.39. The Morgan fingerprint density at radius 1 is 0.812 bits per heavy atom. The molecule has 5 aromatic rings. The van der Waals surface area contributed by atoms with Crippen LogP contribution in [0.2, 0.25) is 5.15 Å². The van der Waals surface area contributed by atoms with Crippen LogP contribution in [0.3, 0.4) is 0 Å². The van der Waals surface area contributed by atoms with Crippen LogP contribution in [-0.2, 0) is 0 Å². The molecule has 9 heteroatoms. The fourth-order valence-corrected chi connectivity index (χ4v) is 3.41. The minimum absolute atomic E-state index is 0.186. The van der Waals surface area contributed by atoms with E-state index in [9.17, 15) is 0 Å². The van der Waals surface area contributed by atoms with E-state index < -0.39 is 0 Å². The number of nitrogens with zero attached hydrogens (tertiary/aromatic N) is 5. The zero-order valence-electron chi connectivity index (χ0n) is 16.6. The number of pyridine rings is 1. The molecule has 0 aliphatic carbocycles. The molecule has 8 nitrogen and oxygen atoms in total. The van der Waals surface area contributed by atoms with Crippen molar-refractivity contribution in [1.82, 2.24) is 25.1 Å². The summed E-state index contributed by atoms with van der Waals surface area (Å²) in [5.41, 5.74) is 7.88. The minimum Gasteiger partial charge on any atom is -0.438 e. The molecule has 0 bridgehead atoms. The summed E-state index contributed by atoms with van der Waals surface area (Å²) in [5.74, 6) is 1.84. The summed E-state index contributed by atoms with van der Waals surface area (Å²) in [7, 11) is 0. The number of rotatable bonds is 5. The average molecular weight is 442 g/mol. The third kappa shape index (κ3) is 3.99. The second-order valence-electron chi connectivity index (χ2n) is 6.79. The van der Waals surface area contributed by atoms with E-state index in [0.29, 0.717) is 33.9 Å². The van der Waals surface area contributed by atoms with Crippen molar-refractivity contribution in [3.05, 3.63) is 84.3 Å². The van der Waals surface area contributed by atoms with Gasteiger partial charge in [0, 0.05) is 28.9 Å². The molecule has 3 N–H and O–H groups in total. The minimum atomic E-state index is 0.186. The number of hydrogen-bond acceptors (Lipinski definition) is 8. The first kappa shape index (κ1) is 19.7. The number of nitrogens with two attached hydrogens (primary N) is 1. The van der Waals surface area contributed by atoms with E-state index in [1.807, 2.05) is 60.7 Å². The van der Waals surface area contributed by atoms with Gasteiger partial charge in [0.2, 0.25) is 11.8 Å². The molecule has 32 heavy (non-hydrogen) atoms. The van der Waals surface area contributed by atoms with Gasteiger partial charge in [0.15, 0.2) is 11.0 Å². The first-order valence-electron chi connectivity index (χ1n) is 9.67. The molecule has 0 radical (unpaired) electrons. The van der Waals surface area contributed by atoms with Crippen molar-refractivity contribution in [3.8, 4) is 22.9 Å². The molecule has 5 rings (SSSR count). The fraction of sp³-hybridized carbons (Fsp3) is 0. The predicted molar refractivity (Wildman–Crippen MR) is 124 cm³/mol. The second-order valence-corrected chi connectivity index (χ2v) is 7.15. The van der Waals surface area contributed by atoms with Crippen LogP contribution in [0.5, 0.6) is 11.6 Å². The van der Waals surface area contributed by atoms with E-state index in [2.05, 4.69) is 30.5 Å². The number of benzene rings is 2. The smallest absolute Gasteiger partial charge is 0.228 e. The number of nitrogen functional groups attached to an aromatic ring is 1. The lowest BCUT2D eigenvalue weighted by Gasteiger charge is -2.11. The van der Waals surface area contributed by atoms with E-state index in [1.54, 1.807) is 18.5 Å². The van der Waals surface area contributed by atoms with Gasteiger partial charge in [-0.3, -0.25) is 0 Å². The van der Waals surface area contributed by atoms with Crippen LogP contribution < -0.4 is 15.8 Å². The largest absolute Gasteiger partial charge is 0.438 e. The lowest BCUT2D eigenvalue weighted by Crippen LogP contribution is -1.98. The molecule has 0 saturated heterocycles. The molecule has 156 valence electrons. The lowest BCUT2D eigenvalue weighted by atomic mass is 10.2. The Kier molecular flexibility index (Phi) is 5.19. The highest BCUT2D eigenvalue weighted by molar-refractivity contribution is 6.34. The van der Waals surface area contributed by atoms with Crippen molar-refractivity contribution in [2.24, 2.45) is 0 Å². The van der Waals surface area contributed by atoms with Gasteiger partial charge in [0.05, 0.1) is 11.3 Å². The van der Waals surface area contributed by atoms with Crippen molar-refractivity contribution >= 4 is 39.8 Å². The van der Waals surface area contributed by atoms with Gasteiger partial charge >= 0.3 is 0 Å². The molecule has 0 unspecified atom stereocenters. The fourth-order valence-electron chi connectivity index (χ4n) is 3.21. The highest BCUT2D eigenvalue weighted by atomic mass is 35.5. The first-order chi connectivity index (χ1) is 15.7. The standard InChI is InChI=1S/C23H16ClN7O/c24-20-16-4-1-2-5-17(16)21(31-30-20)28-14-7-9-15(10-8-14)32-22-18(6-3-12-26-22)19-11-13-27-23(25)29-19/h1-13H,(H,28,31)(H2,25,27,29). The van der Waals surface area contributed by atoms with Crippen LogP contribution in [0.25, 0.3) is 22.0 Å².